The first-order valence-electron chi connectivity index (χ1n) is 4.03. The van der Waals surface area contributed by atoms with Gasteiger partial charge in [0.2, 0.25) is 0 Å². The lowest BCUT2D eigenvalue weighted by molar-refractivity contribution is 0.414. The van der Waals surface area contributed by atoms with Crippen LogP contribution in [0.3, 0.4) is 0 Å². The predicted molar refractivity (Wildman–Crippen MR) is 45.7 cm³/mol. The number of aliphatic hydroxyl groups excluding tert-OH is 1. The summed E-state index contributed by atoms with van der Waals surface area (Å²) in [5.41, 5.74) is 1.22. The first-order valence-corrected chi connectivity index (χ1v) is 4.03. The number of hydrogen-bond acceptors (Lipinski definition) is 1. The van der Waals surface area contributed by atoms with Gasteiger partial charge in [0.05, 0.1) is 0 Å². The smallest absolute Gasteiger partial charge is 0.126 e. The second kappa shape index (κ2) is 4.21. The number of aliphatic hydroxyl groups is 1. The van der Waals surface area contributed by atoms with Crippen molar-refractivity contribution in [2.75, 3.05) is 0 Å². The van der Waals surface area contributed by atoms with E-state index >= 15 is 0 Å². The minimum atomic E-state index is -0.236. The van der Waals surface area contributed by atoms with Crippen molar-refractivity contribution >= 4 is 0 Å². The van der Waals surface area contributed by atoms with Crippen molar-refractivity contribution in [1.82, 2.24) is 0 Å². The number of aryl methyl sites for hydroxylation is 1. The fourth-order valence-corrected chi connectivity index (χ4v) is 1.12. The van der Waals surface area contributed by atoms with Crippen molar-refractivity contribution in [2.24, 2.45) is 0 Å². The first-order chi connectivity index (χ1) is 5.77. The van der Waals surface area contributed by atoms with E-state index in [1.165, 1.54) is 6.07 Å². The molecule has 0 aromatic heterocycles. The van der Waals surface area contributed by atoms with Crippen LogP contribution in [0.15, 0.2) is 18.2 Å². The van der Waals surface area contributed by atoms with E-state index in [2.05, 4.69) is 0 Å². The standard InChI is InChI=1S/C10H12FO/c1-2-3-9-5-4-8(7-12)6-10(9)11/h4-7,12H,2-3H2,1H3. The third-order valence-electron chi connectivity index (χ3n) is 1.75. The molecule has 0 atom stereocenters. The van der Waals surface area contributed by atoms with Crippen LogP contribution in [0.4, 0.5) is 4.39 Å². The van der Waals surface area contributed by atoms with Gasteiger partial charge in [-0.1, -0.05) is 25.5 Å². The third kappa shape index (κ3) is 2.05. The summed E-state index contributed by atoms with van der Waals surface area (Å²) in [5, 5.41) is 8.59. The number of hydrogen-bond donors (Lipinski definition) is 1. The van der Waals surface area contributed by atoms with E-state index in [1.807, 2.05) is 6.92 Å². The molecule has 12 heavy (non-hydrogen) atoms. The molecule has 1 aromatic rings. The molecule has 0 saturated carbocycles. The molecular weight excluding hydrogens is 155 g/mol. The van der Waals surface area contributed by atoms with Gasteiger partial charge in [0, 0.05) is 0 Å². The summed E-state index contributed by atoms with van der Waals surface area (Å²) >= 11 is 0. The summed E-state index contributed by atoms with van der Waals surface area (Å²) in [4.78, 5) is 0. The van der Waals surface area contributed by atoms with Crippen molar-refractivity contribution in [1.29, 1.82) is 0 Å². The summed E-state index contributed by atoms with van der Waals surface area (Å²) in [5.74, 6) is -0.236. The highest BCUT2D eigenvalue weighted by atomic mass is 19.1. The highest BCUT2D eigenvalue weighted by molar-refractivity contribution is 5.27. The van der Waals surface area contributed by atoms with Gasteiger partial charge in [0.25, 0.3) is 0 Å². The van der Waals surface area contributed by atoms with Crippen molar-refractivity contribution in [2.45, 2.75) is 19.8 Å². The maximum absolute atomic E-state index is 13.1. The van der Waals surface area contributed by atoms with Gasteiger partial charge in [-0.15, -0.1) is 0 Å². The third-order valence-corrected chi connectivity index (χ3v) is 1.75. The van der Waals surface area contributed by atoms with Gasteiger partial charge >= 0.3 is 0 Å². The second-order valence-electron chi connectivity index (χ2n) is 2.73. The van der Waals surface area contributed by atoms with Crippen LogP contribution in [-0.4, -0.2) is 5.11 Å². The van der Waals surface area contributed by atoms with Crippen LogP contribution in [0.25, 0.3) is 0 Å². The van der Waals surface area contributed by atoms with Gasteiger partial charge in [0.1, 0.15) is 12.4 Å². The van der Waals surface area contributed by atoms with Gasteiger partial charge < -0.3 is 5.11 Å². The monoisotopic (exact) mass is 167 g/mol. The zero-order valence-corrected chi connectivity index (χ0v) is 7.05. The second-order valence-corrected chi connectivity index (χ2v) is 2.73. The highest BCUT2D eigenvalue weighted by Crippen LogP contribution is 2.12. The molecule has 0 aliphatic heterocycles. The fraction of sp³-hybridized carbons (Fsp3) is 0.300. The highest BCUT2D eigenvalue weighted by Gasteiger charge is 2.01. The Morgan fingerprint density at radius 2 is 2.25 bits per heavy atom. The van der Waals surface area contributed by atoms with Gasteiger partial charge in [-0.2, -0.15) is 0 Å². The van der Waals surface area contributed by atoms with Crippen molar-refractivity contribution in [3.05, 3.63) is 41.8 Å². The molecule has 0 aliphatic carbocycles. The molecule has 0 unspecified atom stereocenters. The normalized spacial score (nSPS) is 10.2. The van der Waals surface area contributed by atoms with Crippen LogP contribution < -0.4 is 0 Å². The van der Waals surface area contributed by atoms with Gasteiger partial charge in [-0.3, -0.25) is 0 Å². The average Bonchev–Trinajstić information content (AvgIpc) is 2.09. The largest absolute Gasteiger partial charge is 0.385 e. The Kier molecular flexibility index (Phi) is 3.23. The minimum Gasteiger partial charge on any atom is -0.385 e. The van der Waals surface area contributed by atoms with E-state index in [1.54, 1.807) is 12.1 Å². The van der Waals surface area contributed by atoms with E-state index in [0.29, 0.717) is 11.1 Å². The Bertz CT molecular complexity index is 258. The molecule has 0 spiro atoms. The van der Waals surface area contributed by atoms with E-state index in [0.717, 1.165) is 19.4 Å². The Balaban J connectivity index is 2.87. The fourth-order valence-electron chi connectivity index (χ4n) is 1.12. The molecule has 1 nitrogen and oxygen atoms in total. The van der Waals surface area contributed by atoms with Gasteiger partial charge in [-0.05, 0) is 23.6 Å². The molecule has 0 fully saturated rings. The van der Waals surface area contributed by atoms with Crippen LogP contribution in [0.2, 0.25) is 0 Å². The van der Waals surface area contributed by atoms with E-state index in [4.69, 9.17) is 5.11 Å². The summed E-state index contributed by atoms with van der Waals surface area (Å²) in [6, 6.07) is 4.75. The predicted octanol–water partition coefficient (Wildman–Crippen LogP) is 2.66. The molecule has 1 aromatic carbocycles. The lowest BCUT2D eigenvalue weighted by atomic mass is 10.1. The number of benzene rings is 1. The van der Waals surface area contributed by atoms with E-state index < -0.39 is 0 Å². The Morgan fingerprint density at radius 1 is 1.50 bits per heavy atom. The maximum Gasteiger partial charge on any atom is 0.126 e. The molecule has 2 heteroatoms. The zero-order valence-electron chi connectivity index (χ0n) is 7.05. The summed E-state index contributed by atoms with van der Waals surface area (Å²) in [7, 11) is 0. The SMILES string of the molecule is CCCc1ccc([CH]O)cc1F. The van der Waals surface area contributed by atoms with E-state index in [9.17, 15) is 4.39 Å². The molecule has 1 N–H and O–H groups in total. The van der Waals surface area contributed by atoms with Crippen LogP contribution in [0.1, 0.15) is 24.5 Å². The topological polar surface area (TPSA) is 20.2 Å². The van der Waals surface area contributed by atoms with Gasteiger partial charge in [0.15, 0.2) is 0 Å². The Labute approximate surface area is 71.9 Å². The molecule has 1 radical (unpaired) electrons. The van der Waals surface area contributed by atoms with Crippen molar-refractivity contribution in [3.8, 4) is 0 Å². The molecular formula is C10H12FO. The summed E-state index contributed by atoms with van der Waals surface area (Å²) < 4.78 is 13.1. The van der Waals surface area contributed by atoms with Crippen LogP contribution in [0, 0.1) is 12.4 Å². The van der Waals surface area contributed by atoms with E-state index in [-0.39, 0.29) is 5.82 Å². The Morgan fingerprint density at radius 3 is 2.75 bits per heavy atom. The number of halogens is 1. The van der Waals surface area contributed by atoms with Crippen LogP contribution in [-0.2, 0) is 6.42 Å². The van der Waals surface area contributed by atoms with Crippen molar-refractivity contribution in [3.63, 3.8) is 0 Å². The van der Waals surface area contributed by atoms with Crippen molar-refractivity contribution < 1.29 is 9.50 Å². The van der Waals surface area contributed by atoms with Crippen LogP contribution >= 0.6 is 0 Å². The number of rotatable bonds is 3. The average molecular weight is 167 g/mol. The summed E-state index contributed by atoms with van der Waals surface area (Å²) in [6.45, 7) is 2.91. The van der Waals surface area contributed by atoms with Crippen LogP contribution in [0.5, 0.6) is 0 Å². The molecule has 0 heterocycles. The molecule has 0 saturated heterocycles. The molecule has 65 valence electrons. The minimum absolute atomic E-state index is 0.236. The zero-order chi connectivity index (χ0) is 8.97. The molecule has 0 bridgehead atoms. The first kappa shape index (κ1) is 9.20. The summed E-state index contributed by atoms with van der Waals surface area (Å²) in [6.07, 6.45) is 1.68. The lowest BCUT2D eigenvalue weighted by Crippen LogP contribution is -1.91. The molecule has 1 rings (SSSR count). The van der Waals surface area contributed by atoms with Gasteiger partial charge in [-0.25, -0.2) is 4.39 Å². The molecule has 0 amide bonds. The quantitative estimate of drug-likeness (QED) is 0.733. The Hall–Kier alpha value is -0.890. The maximum atomic E-state index is 13.1. The lowest BCUT2D eigenvalue weighted by Gasteiger charge is -2.02. The molecule has 0 aliphatic rings.